The fourth-order valence-electron chi connectivity index (χ4n) is 2.47. The molecule has 0 radical (unpaired) electrons. The normalized spacial score (nSPS) is 30.8. The van der Waals surface area contributed by atoms with Crippen LogP contribution in [0.2, 0.25) is 0 Å². The van der Waals surface area contributed by atoms with Crippen LogP contribution in [0.5, 0.6) is 0 Å². The number of esters is 1. The van der Waals surface area contributed by atoms with Crippen LogP contribution < -0.4 is 5.73 Å². The van der Waals surface area contributed by atoms with Gasteiger partial charge in [0, 0.05) is 25.2 Å². The third-order valence-electron chi connectivity index (χ3n) is 3.59. The quantitative estimate of drug-likeness (QED) is 0.728. The third kappa shape index (κ3) is 3.19. The lowest BCUT2D eigenvalue weighted by Gasteiger charge is -2.40. The average molecular weight is 228 g/mol. The largest absolute Gasteiger partial charge is 0.469 e. The van der Waals surface area contributed by atoms with Crippen molar-refractivity contribution in [3.8, 4) is 0 Å². The Bertz CT molecular complexity index is 235. The van der Waals surface area contributed by atoms with Crippen LogP contribution in [0, 0.1) is 11.8 Å². The maximum absolute atomic E-state index is 11.5. The van der Waals surface area contributed by atoms with E-state index in [-0.39, 0.29) is 24.0 Å². The lowest BCUT2D eigenvalue weighted by molar-refractivity contribution is -0.147. The SMILES string of the molecule is COC(=O)C(C)C(C)N1CC(C)CC(N)C1. The number of nitrogens with two attached hydrogens (primary N) is 1. The number of carbonyl (C=O) groups is 1. The molecule has 1 heterocycles. The number of methoxy groups -OCH3 is 1. The summed E-state index contributed by atoms with van der Waals surface area (Å²) in [4.78, 5) is 13.8. The number of ether oxygens (including phenoxy) is 1. The van der Waals surface area contributed by atoms with Crippen molar-refractivity contribution in [2.75, 3.05) is 20.2 Å². The zero-order valence-corrected chi connectivity index (χ0v) is 10.8. The highest BCUT2D eigenvalue weighted by Gasteiger charge is 2.31. The molecule has 0 aromatic carbocycles. The van der Waals surface area contributed by atoms with Gasteiger partial charge in [0.05, 0.1) is 13.0 Å². The van der Waals surface area contributed by atoms with E-state index in [0.717, 1.165) is 19.5 Å². The third-order valence-corrected chi connectivity index (χ3v) is 3.59. The van der Waals surface area contributed by atoms with Gasteiger partial charge >= 0.3 is 5.97 Å². The van der Waals surface area contributed by atoms with Crippen molar-refractivity contribution in [3.05, 3.63) is 0 Å². The van der Waals surface area contributed by atoms with Gasteiger partial charge in [0.15, 0.2) is 0 Å². The first-order valence-corrected chi connectivity index (χ1v) is 6.03. The highest BCUT2D eigenvalue weighted by Crippen LogP contribution is 2.21. The minimum absolute atomic E-state index is 0.0949. The minimum atomic E-state index is -0.140. The molecular weight excluding hydrogens is 204 g/mol. The zero-order valence-electron chi connectivity index (χ0n) is 10.8. The van der Waals surface area contributed by atoms with E-state index in [9.17, 15) is 4.79 Å². The lowest BCUT2D eigenvalue weighted by atomic mass is 9.92. The number of likely N-dealkylation sites (tertiary alicyclic amines) is 1. The Kier molecular flexibility index (Phi) is 4.74. The first kappa shape index (κ1) is 13.5. The monoisotopic (exact) mass is 228 g/mol. The van der Waals surface area contributed by atoms with E-state index in [1.54, 1.807) is 0 Å². The Balaban J connectivity index is 2.58. The Labute approximate surface area is 98.1 Å². The van der Waals surface area contributed by atoms with Gasteiger partial charge in [-0.25, -0.2) is 0 Å². The van der Waals surface area contributed by atoms with Crippen molar-refractivity contribution < 1.29 is 9.53 Å². The fraction of sp³-hybridized carbons (Fsp3) is 0.917. The number of nitrogens with zero attached hydrogens (tertiary/aromatic N) is 1. The molecule has 0 aliphatic carbocycles. The molecule has 0 aromatic heterocycles. The lowest BCUT2D eigenvalue weighted by Crippen LogP contribution is -2.52. The van der Waals surface area contributed by atoms with Gasteiger partial charge in [-0.15, -0.1) is 0 Å². The molecule has 1 saturated heterocycles. The van der Waals surface area contributed by atoms with Gasteiger partial charge in [-0.05, 0) is 19.3 Å². The Morgan fingerprint density at radius 3 is 2.56 bits per heavy atom. The van der Waals surface area contributed by atoms with Crippen LogP contribution in [0.3, 0.4) is 0 Å². The van der Waals surface area contributed by atoms with E-state index in [1.807, 2.05) is 6.92 Å². The van der Waals surface area contributed by atoms with E-state index in [0.29, 0.717) is 5.92 Å². The number of hydrogen-bond donors (Lipinski definition) is 1. The first-order chi connectivity index (χ1) is 7.45. The van der Waals surface area contributed by atoms with Crippen LogP contribution in [0.4, 0.5) is 0 Å². The Morgan fingerprint density at radius 1 is 1.44 bits per heavy atom. The van der Waals surface area contributed by atoms with Gasteiger partial charge in [-0.2, -0.15) is 0 Å². The molecule has 4 unspecified atom stereocenters. The van der Waals surface area contributed by atoms with Crippen LogP contribution >= 0.6 is 0 Å². The molecule has 4 atom stereocenters. The fourth-order valence-corrected chi connectivity index (χ4v) is 2.47. The van der Waals surface area contributed by atoms with E-state index in [4.69, 9.17) is 10.5 Å². The van der Waals surface area contributed by atoms with Crippen LogP contribution in [-0.4, -0.2) is 43.2 Å². The molecule has 0 saturated carbocycles. The highest BCUT2D eigenvalue weighted by molar-refractivity contribution is 5.72. The smallest absolute Gasteiger partial charge is 0.309 e. The Morgan fingerprint density at radius 2 is 2.06 bits per heavy atom. The number of piperidine rings is 1. The van der Waals surface area contributed by atoms with E-state index in [1.165, 1.54) is 7.11 Å². The Hall–Kier alpha value is -0.610. The van der Waals surface area contributed by atoms with E-state index in [2.05, 4.69) is 18.7 Å². The molecule has 94 valence electrons. The van der Waals surface area contributed by atoms with Gasteiger partial charge in [-0.1, -0.05) is 13.8 Å². The van der Waals surface area contributed by atoms with Crippen LogP contribution in [0.15, 0.2) is 0 Å². The maximum Gasteiger partial charge on any atom is 0.309 e. The first-order valence-electron chi connectivity index (χ1n) is 6.03. The summed E-state index contributed by atoms with van der Waals surface area (Å²) in [5.74, 6) is 0.373. The molecule has 0 amide bonds. The van der Waals surface area contributed by atoms with E-state index >= 15 is 0 Å². The van der Waals surface area contributed by atoms with Gasteiger partial charge in [0.25, 0.3) is 0 Å². The summed E-state index contributed by atoms with van der Waals surface area (Å²) < 4.78 is 4.78. The van der Waals surface area contributed by atoms with Crippen LogP contribution in [0.25, 0.3) is 0 Å². The number of rotatable bonds is 3. The van der Waals surface area contributed by atoms with Gasteiger partial charge in [0.2, 0.25) is 0 Å². The predicted molar refractivity (Wildman–Crippen MR) is 64.0 cm³/mol. The molecule has 0 bridgehead atoms. The number of hydrogen-bond acceptors (Lipinski definition) is 4. The molecular formula is C12H24N2O2. The van der Waals surface area contributed by atoms with Crippen molar-refractivity contribution in [2.24, 2.45) is 17.6 Å². The topological polar surface area (TPSA) is 55.6 Å². The molecule has 0 spiro atoms. The van der Waals surface area contributed by atoms with Gasteiger partial charge < -0.3 is 10.5 Å². The molecule has 1 aliphatic rings. The average Bonchev–Trinajstić information content (AvgIpc) is 2.24. The van der Waals surface area contributed by atoms with Crippen molar-refractivity contribution in [1.29, 1.82) is 0 Å². The molecule has 4 nitrogen and oxygen atoms in total. The highest BCUT2D eigenvalue weighted by atomic mass is 16.5. The predicted octanol–water partition coefficient (Wildman–Crippen LogP) is 0.853. The molecule has 4 heteroatoms. The van der Waals surface area contributed by atoms with Crippen molar-refractivity contribution in [1.82, 2.24) is 4.90 Å². The van der Waals surface area contributed by atoms with Crippen LogP contribution in [0.1, 0.15) is 27.2 Å². The van der Waals surface area contributed by atoms with Crippen molar-refractivity contribution in [3.63, 3.8) is 0 Å². The minimum Gasteiger partial charge on any atom is -0.469 e. The number of carbonyl (C=O) groups excluding carboxylic acids is 1. The molecule has 1 fully saturated rings. The van der Waals surface area contributed by atoms with Crippen molar-refractivity contribution in [2.45, 2.75) is 39.3 Å². The summed E-state index contributed by atoms with van der Waals surface area (Å²) in [5, 5.41) is 0. The molecule has 0 aromatic rings. The summed E-state index contributed by atoms with van der Waals surface area (Å²) in [5.41, 5.74) is 6.00. The maximum atomic E-state index is 11.5. The summed E-state index contributed by atoms with van der Waals surface area (Å²) in [6, 6.07) is 0.428. The molecule has 1 rings (SSSR count). The zero-order chi connectivity index (χ0) is 12.3. The van der Waals surface area contributed by atoms with Crippen molar-refractivity contribution >= 4 is 5.97 Å². The second-order valence-electron chi connectivity index (χ2n) is 5.11. The summed E-state index contributed by atoms with van der Waals surface area (Å²) >= 11 is 0. The van der Waals surface area contributed by atoms with Gasteiger partial charge in [0.1, 0.15) is 0 Å². The molecule has 2 N–H and O–H groups in total. The molecule has 1 aliphatic heterocycles. The summed E-state index contributed by atoms with van der Waals surface area (Å²) in [7, 11) is 1.44. The second-order valence-corrected chi connectivity index (χ2v) is 5.11. The second kappa shape index (κ2) is 5.64. The molecule has 16 heavy (non-hydrogen) atoms. The summed E-state index contributed by atoms with van der Waals surface area (Å²) in [6.07, 6.45) is 1.08. The summed E-state index contributed by atoms with van der Waals surface area (Å²) in [6.45, 7) is 8.11. The standard InChI is InChI=1S/C12H24N2O2/c1-8-5-11(13)7-14(6-8)10(3)9(2)12(15)16-4/h8-11H,5-7,13H2,1-4H3. The van der Waals surface area contributed by atoms with Gasteiger partial charge in [-0.3, -0.25) is 9.69 Å². The van der Waals surface area contributed by atoms with Crippen LogP contribution in [-0.2, 0) is 9.53 Å². The van der Waals surface area contributed by atoms with E-state index < -0.39 is 0 Å².